The van der Waals surface area contributed by atoms with Crippen molar-refractivity contribution < 1.29 is 58.0 Å². The highest BCUT2D eigenvalue weighted by molar-refractivity contribution is 5.86. The first-order valence-electron chi connectivity index (χ1n) is 21.4. The summed E-state index contributed by atoms with van der Waals surface area (Å²) in [5.41, 5.74) is -3.66. The first kappa shape index (κ1) is 51.0. The van der Waals surface area contributed by atoms with Crippen LogP contribution in [0.1, 0.15) is 101 Å². The van der Waals surface area contributed by atoms with Gasteiger partial charge in [-0.05, 0) is 108 Å². The molecule has 4 N–H and O–H groups in total. The molecule has 0 aromatic carbocycles. The number of carbonyl (C=O) groups excluding carboxylic acids is 1. The van der Waals surface area contributed by atoms with Gasteiger partial charge in [0, 0.05) is 50.8 Å². The van der Waals surface area contributed by atoms with E-state index >= 15 is 0 Å². The van der Waals surface area contributed by atoms with E-state index < -0.39 is 102 Å². The Balaban J connectivity index is 2.17. The van der Waals surface area contributed by atoms with Crippen molar-refractivity contribution in [2.24, 2.45) is 23.7 Å². The summed E-state index contributed by atoms with van der Waals surface area (Å²) >= 11 is 0. The molecular weight excluding hydrogens is 750 g/mol. The molecule has 3 aliphatic rings. The Labute approximate surface area is 349 Å². The number of nitrogens with zero attached hydrogens (tertiary/aromatic N) is 2. The Morgan fingerprint density at radius 1 is 0.879 bits per heavy atom. The van der Waals surface area contributed by atoms with Gasteiger partial charge in [-0.2, -0.15) is 0 Å². The van der Waals surface area contributed by atoms with E-state index in [0.29, 0.717) is 13.0 Å². The van der Waals surface area contributed by atoms with Crippen molar-refractivity contribution >= 4 is 11.7 Å². The highest BCUT2D eigenvalue weighted by Gasteiger charge is 2.54. The monoisotopic (exact) mass is 832 g/mol. The number of aliphatic hydroxyl groups is 3. The van der Waals surface area contributed by atoms with Crippen LogP contribution in [0.15, 0.2) is 0 Å². The van der Waals surface area contributed by atoms with Gasteiger partial charge in [-0.3, -0.25) is 4.79 Å². The molecule has 15 nitrogen and oxygen atoms in total. The zero-order valence-electron chi connectivity index (χ0n) is 38.5. The van der Waals surface area contributed by atoms with Crippen molar-refractivity contribution in [1.29, 1.82) is 5.41 Å². The second-order valence-corrected chi connectivity index (χ2v) is 18.7. The van der Waals surface area contributed by atoms with Crippen molar-refractivity contribution in [2.75, 3.05) is 55.6 Å². The van der Waals surface area contributed by atoms with Crippen LogP contribution in [0.4, 0.5) is 0 Å². The van der Waals surface area contributed by atoms with Gasteiger partial charge in [-0.1, -0.05) is 27.7 Å². The summed E-state index contributed by atoms with van der Waals surface area (Å²) < 4.78 is 51.8. The maximum Gasteiger partial charge on any atom is 0.311 e. The average Bonchev–Trinajstić information content (AvgIpc) is 3.16. The van der Waals surface area contributed by atoms with Crippen molar-refractivity contribution in [3.8, 4) is 0 Å². The molecular formula is C43H81N3O12. The topological polar surface area (TPSA) is 182 Å². The first-order chi connectivity index (χ1) is 26.9. The lowest BCUT2D eigenvalue weighted by Gasteiger charge is -2.50. The van der Waals surface area contributed by atoms with Gasteiger partial charge in [0.1, 0.15) is 23.9 Å². The number of ether oxygens (including phenoxy) is 8. The minimum absolute atomic E-state index is 0.194. The fourth-order valence-corrected chi connectivity index (χ4v) is 9.50. The molecule has 3 rings (SSSR count). The molecule has 15 heteroatoms. The second kappa shape index (κ2) is 21.2. The Hall–Kier alpha value is -1.34. The third-order valence-electron chi connectivity index (χ3n) is 13.4. The Bertz CT molecular complexity index is 1310. The number of nitrogens with one attached hydrogen (secondary N) is 1. The number of carbonyl (C=O) groups is 1. The maximum atomic E-state index is 14.4. The highest BCUT2D eigenvalue weighted by Crippen LogP contribution is 2.42. The molecule has 0 aromatic heterocycles. The molecule has 340 valence electrons. The molecule has 3 saturated heterocycles. The number of hydrogen-bond donors (Lipinski definition) is 4. The lowest BCUT2D eigenvalue weighted by atomic mass is 9.73. The largest absolute Gasteiger partial charge is 0.459 e. The minimum Gasteiger partial charge on any atom is -0.459 e. The highest BCUT2D eigenvalue weighted by atomic mass is 16.7. The molecule has 3 fully saturated rings. The van der Waals surface area contributed by atoms with E-state index in [1.807, 2.05) is 74.6 Å². The third kappa shape index (κ3) is 11.8. The molecule has 18 atom stereocenters. The lowest BCUT2D eigenvalue weighted by Crippen LogP contribution is -2.61. The number of hydrogen-bond acceptors (Lipinski definition) is 15. The van der Waals surface area contributed by atoms with Crippen LogP contribution < -0.4 is 0 Å². The zero-order chi connectivity index (χ0) is 44.1. The summed E-state index contributed by atoms with van der Waals surface area (Å²) in [7, 11) is 11.1. The summed E-state index contributed by atoms with van der Waals surface area (Å²) in [6.07, 6.45) is -6.22. The number of esters is 1. The van der Waals surface area contributed by atoms with Gasteiger partial charge in [0.2, 0.25) is 0 Å². The van der Waals surface area contributed by atoms with E-state index in [1.54, 1.807) is 35.0 Å². The molecule has 3 aliphatic heterocycles. The molecule has 0 aromatic rings. The lowest BCUT2D eigenvalue weighted by molar-refractivity contribution is -0.322. The summed E-state index contributed by atoms with van der Waals surface area (Å²) in [6, 6.07) is -0.257. The molecule has 0 radical (unpaired) electrons. The van der Waals surface area contributed by atoms with Gasteiger partial charge in [0.05, 0.1) is 47.6 Å². The third-order valence-corrected chi connectivity index (χ3v) is 13.4. The van der Waals surface area contributed by atoms with Gasteiger partial charge >= 0.3 is 5.97 Å². The Morgan fingerprint density at radius 2 is 1.48 bits per heavy atom. The van der Waals surface area contributed by atoms with E-state index in [9.17, 15) is 25.5 Å². The van der Waals surface area contributed by atoms with Gasteiger partial charge < -0.3 is 68.4 Å². The van der Waals surface area contributed by atoms with Crippen molar-refractivity contribution in [3.05, 3.63) is 0 Å². The van der Waals surface area contributed by atoms with E-state index in [2.05, 4.69) is 4.90 Å². The van der Waals surface area contributed by atoms with Gasteiger partial charge in [0.25, 0.3) is 0 Å². The van der Waals surface area contributed by atoms with E-state index in [0.717, 1.165) is 13.0 Å². The van der Waals surface area contributed by atoms with Crippen LogP contribution >= 0.6 is 0 Å². The van der Waals surface area contributed by atoms with Gasteiger partial charge in [0.15, 0.2) is 12.6 Å². The molecule has 0 saturated carbocycles. The predicted octanol–water partition coefficient (Wildman–Crippen LogP) is 3.87. The van der Waals surface area contributed by atoms with Crippen LogP contribution in [0, 0.1) is 29.1 Å². The molecule has 0 spiro atoms. The number of methoxy groups -OCH3 is 2. The summed E-state index contributed by atoms with van der Waals surface area (Å²) in [6.45, 7) is 19.5. The first-order valence-corrected chi connectivity index (χ1v) is 21.4. The van der Waals surface area contributed by atoms with Crippen molar-refractivity contribution in [2.45, 2.75) is 186 Å². The fourth-order valence-electron chi connectivity index (χ4n) is 9.50. The van der Waals surface area contributed by atoms with Crippen molar-refractivity contribution in [1.82, 2.24) is 9.80 Å². The molecule has 0 aliphatic carbocycles. The Kier molecular flexibility index (Phi) is 18.6. The normalized spacial score (nSPS) is 45.3. The van der Waals surface area contributed by atoms with Crippen LogP contribution in [0.3, 0.4) is 0 Å². The SMILES string of the molecule is CC[C@H]1OC(=O)[C@H](C)[C@@H](OC2CC(C)(OC)C(OCCCN(C)C)C(C)O2)[C@H](C)[C@@H](OC2OC(C)CC(N(C)C)C2O)[C@](C)(OC)C[C@@H](C)C(=N)[C@H](C)[C@@H](O)[C@]1(C)O. The Morgan fingerprint density at radius 3 is 2.03 bits per heavy atom. The standard InChI is InChI=1S/C43H81N3O12/c1-17-31-43(10,50)36(48)26(4)33(44)24(2)22-41(8,51-15)37(58-40-34(47)30(46(13)14)21-25(3)54-40)27(5)35(28(6)39(49)56-31)57-32-23-42(9,52-16)38(29(7)55-32)53-20-18-19-45(11)12/h24-32,34-38,40,44,47-48,50H,17-23H2,1-16H3/t24-,25?,26+,27+,28-,29?,30?,31-,32?,34?,35+,36-,37-,38?,40?,41-,42?,43-/m1/s1. The molecule has 0 amide bonds. The molecule has 0 bridgehead atoms. The number of aliphatic hydroxyl groups excluding tert-OH is 2. The van der Waals surface area contributed by atoms with Gasteiger partial charge in [-0.25, -0.2) is 0 Å². The average molecular weight is 832 g/mol. The fraction of sp³-hybridized carbons (Fsp3) is 0.953. The minimum atomic E-state index is -1.88. The number of rotatable bonds is 13. The van der Waals surface area contributed by atoms with Crippen LogP contribution in [0.5, 0.6) is 0 Å². The summed E-state index contributed by atoms with van der Waals surface area (Å²) in [5, 5.41) is 44.4. The van der Waals surface area contributed by atoms with Crippen molar-refractivity contribution in [3.63, 3.8) is 0 Å². The second-order valence-electron chi connectivity index (χ2n) is 18.7. The maximum absolute atomic E-state index is 14.4. The van der Waals surface area contributed by atoms with Crippen LogP contribution in [-0.2, 0) is 42.7 Å². The van der Waals surface area contributed by atoms with Crippen LogP contribution in [-0.4, -0.2) is 177 Å². The molecule has 8 unspecified atom stereocenters. The molecule has 3 heterocycles. The summed E-state index contributed by atoms with van der Waals surface area (Å²) in [4.78, 5) is 18.5. The summed E-state index contributed by atoms with van der Waals surface area (Å²) in [5.74, 6) is -3.52. The number of likely N-dealkylation sites (N-methyl/N-ethyl adjacent to an activating group) is 1. The van der Waals surface area contributed by atoms with E-state index in [4.69, 9.17) is 37.9 Å². The van der Waals surface area contributed by atoms with Gasteiger partial charge in [-0.15, -0.1) is 0 Å². The van der Waals surface area contributed by atoms with Crippen LogP contribution in [0.25, 0.3) is 0 Å². The van der Waals surface area contributed by atoms with Crippen LogP contribution in [0.2, 0.25) is 0 Å². The number of cyclic esters (lactones) is 1. The smallest absolute Gasteiger partial charge is 0.311 e. The zero-order valence-corrected chi connectivity index (χ0v) is 38.5. The predicted molar refractivity (Wildman–Crippen MR) is 221 cm³/mol. The molecule has 58 heavy (non-hydrogen) atoms. The van der Waals surface area contributed by atoms with E-state index in [-0.39, 0.29) is 37.1 Å². The van der Waals surface area contributed by atoms with E-state index in [1.165, 1.54) is 6.92 Å². The quantitative estimate of drug-likeness (QED) is 0.155.